The Morgan fingerprint density at radius 3 is 2.34 bits per heavy atom. The number of carbonyl (C=O) groups excluding carboxylic acids is 1. The Bertz CT molecular complexity index is 1460. The van der Waals surface area contributed by atoms with Crippen LogP contribution in [0, 0.1) is 0 Å². The van der Waals surface area contributed by atoms with Crippen molar-refractivity contribution in [1.29, 1.82) is 0 Å². The quantitative estimate of drug-likeness (QED) is 0.266. The molecule has 35 heavy (non-hydrogen) atoms. The van der Waals surface area contributed by atoms with Crippen LogP contribution in [0.15, 0.2) is 112 Å². The van der Waals surface area contributed by atoms with Gasteiger partial charge in [-0.3, -0.25) is 9.69 Å². The molecule has 1 aliphatic rings. The van der Waals surface area contributed by atoms with Gasteiger partial charge < -0.3 is 9.52 Å². The van der Waals surface area contributed by atoms with Gasteiger partial charge in [-0.2, -0.15) is 0 Å². The molecular formula is C28H19BrClNO4. The first-order chi connectivity index (χ1) is 16.5. The lowest BCUT2D eigenvalue weighted by Crippen LogP contribution is -2.25. The van der Waals surface area contributed by atoms with E-state index in [2.05, 4.69) is 15.9 Å². The number of anilines is 1. The largest absolute Gasteiger partial charge is 0.478 e. The van der Waals surface area contributed by atoms with Crippen LogP contribution >= 0.6 is 28.3 Å². The van der Waals surface area contributed by atoms with E-state index in [1.807, 2.05) is 66.7 Å². The minimum atomic E-state index is -1.05. The molecule has 1 N–H and O–H groups in total. The topological polar surface area (TPSA) is 70.8 Å². The Morgan fingerprint density at radius 2 is 1.63 bits per heavy atom. The zero-order chi connectivity index (χ0) is 23.7. The standard InChI is InChI=1S/C28H18BrNO4.ClH/c29-22-11-9-19(10-12-22)26-14-13-24(34-26)16-21-17-25(18-5-2-1-3-6-18)30(27(21)31)23-8-4-7-20(15-23)28(32)33;/h1-17H,(H,32,33);1H/b21-16+;. The fraction of sp³-hybridized carbons (Fsp3) is 0. The van der Waals surface area contributed by atoms with Crippen LogP contribution in [-0.2, 0) is 4.79 Å². The van der Waals surface area contributed by atoms with E-state index in [1.54, 1.807) is 24.3 Å². The maximum absolute atomic E-state index is 13.5. The molecule has 0 saturated heterocycles. The highest BCUT2D eigenvalue weighted by atomic mass is 79.9. The van der Waals surface area contributed by atoms with E-state index in [-0.39, 0.29) is 23.9 Å². The number of carbonyl (C=O) groups is 2. The van der Waals surface area contributed by atoms with Gasteiger partial charge in [0.15, 0.2) is 0 Å². The van der Waals surface area contributed by atoms with Gasteiger partial charge in [0, 0.05) is 15.6 Å². The van der Waals surface area contributed by atoms with E-state index in [0.717, 1.165) is 15.6 Å². The van der Waals surface area contributed by atoms with Crippen LogP contribution in [0.25, 0.3) is 23.1 Å². The summed E-state index contributed by atoms with van der Waals surface area (Å²) in [6.45, 7) is 0. The molecule has 0 atom stereocenters. The van der Waals surface area contributed by atoms with Gasteiger partial charge in [-0.15, -0.1) is 12.4 Å². The fourth-order valence-electron chi connectivity index (χ4n) is 3.82. The van der Waals surface area contributed by atoms with Crippen molar-refractivity contribution in [1.82, 2.24) is 0 Å². The summed E-state index contributed by atoms with van der Waals surface area (Å²) in [7, 11) is 0. The lowest BCUT2D eigenvalue weighted by molar-refractivity contribution is -0.113. The van der Waals surface area contributed by atoms with E-state index in [0.29, 0.717) is 28.5 Å². The van der Waals surface area contributed by atoms with Crippen molar-refractivity contribution < 1.29 is 19.1 Å². The van der Waals surface area contributed by atoms with Gasteiger partial charge in [0.2, 0.25) is 0 Å². The van der Waals surface area contributed by atoms with Gasteiger partial charge in [0.05, 0.1) is 16.9 Å². The van der Waals surface area contributed by atoms with Crippen molar-refractivity contribution >= 4 is 57.7 Å². The van der Waals surface area contributed by atoms with Gasteiger partial charge in [-0.25, -0.2) is 4.79 Å². The predicted molar refractivity (Wildman–Crippen MR) is 142 cm³/mol. The molecule has 5 rings (SSSR count). The van der Waals surface area contributed by atoms with Gasteiger partial charge in [0.25, 0.3) is 5.91 Å². The summed E-state index contributed by atoms with van der Waals surface area (Å²) in [6.07, 6.45) is 3.50. The normalized spacial score (nSPS) is 14.1. The van der Waals surface area contributed by atoms with Gasteiger partial charge in [0.1, 0.15) is 11.5 Å². The number of carboxylic acids is 1. The number of nitrogens with zero attached hydrogens (tertiary/aromatic N) is 1. The number of hydrogen-bond donors (Lipinski definition) is 1. The second kappa shape index (κ2) is 10.2. The second-order valence-corrected chi connectivity index (χ2v) is 8.62. The molecular weight excluding hydrogens is 530 g/mol. The predicted octanol–water partition coefficient (Wildman–Crippen LogP) is 7.30. The van der Waals surface area contributed by atoms with Crippen molar-refractivity contribution in [2.24, 2.45) is 0 Å². The maximum atomic E-state index is 13.5. The van der Waals surface area contributed by atoms with Crippen LogP contribution in [0.3, 0.4) is 0 Å². The third kappa shape index (κ3) is 4.99. The van der Waals surface area contributed by atoms with Crippen LogP contribution in [-0.4, -0.2) is 17.0 Å². The minimum absolute atomic E-state index is 0. The average Bonchev–Trinajstić information content (AvgIpc) is 3.45. The first kappa shape index (κ1) is 24.3. The average molecular weight is 549 g/mol. The molecule has 174 valence electrons. The van der Waals surface area contributed by atoms with Crippen molar-refractivity contribution in [3.05, 3.63) is 124 Å². The molecule has 5 nitrogen and oxygen atoms in total. The Balaban J connectivity index is 0.00000289. The zero-order valence-corrected chi connectivity index (χ0v) is 20.6. The summed E-state index contributed by atoms with van der Waals surface area (Å²) in [5.74, 6) is -0.0670. The molecule has 0 bridgehead atoms. The molecule has 1 aromatic heterocycles. The summed E-state index contributed by atoms with van der Waals surface area (Å²) < 4.78 is 6.96. The third-order valence-electron chi connectivity index (χ3n) is 5.46. The van der Waals surface area contributed by atoms with Crippen LogP contribution in [0.4, 0.5) is 5.69 Å². The lowest BCUT2D eigenvalue weighted by atomic mass is 10.1. The number of benzene rings is 3. The summed E-state index contributed by atoms with van der Waals surface area (Å²) in [5, 5.41) is 9.41. The van der Waals surface area contributed by atoms with E-state index in [9.17, 15) is 14.7 Å². The minimum Gasteiger partial charge on any atom is -0.478 e. The SMILES string of the molecule is Cl.O=C(O)c1cccc(N2C(=O)/C(=C/c3ccc(-c4ccc(Br)cc4)o3)C=C2c2ccccc2)c1. The number of rotatable bonds is 5. The van der Waals surface area contributed by atoms with E-state index < -0.39 is 5.97 Å². The smallest absolute Gasteiger partial charge is 0.335 e. The summed E-state index contributed by atoms with van der Waals surface area (Å²) in [5.41, 5.74) is 3.47. The maximum Gasteiger partial charge on any atom is 0.335 e. The Labute approximate surface area is 216 Å². The van der Waals surface area contributed by atoms with Crippen molar-refractivity contribution in [2.45, 2.75) is 0 Å². The van der Waals surface area contributed by atoms with Crippen LogP contribution in [0.5, 0.6) is 0 Å². The zero-order valence-electron chi connectivity index (χ0n) is 18.2. The molecule has 1 amide bonds. The Morgan fingerprint density at radius 1 is 0.886 bits per heavy atom. The van der Waals surface area contributed by atoms with E-state index in [4.69, 9.17) is 4.42 Å². The van der Waals surface area contributed by atoms with Crippen molar-refractivity contribution in [3.8, 4) is 11.3 Å². The highest BCUT2D eigenvalue weighted by Gasteiger charge is 2.31. The molecule has 0 saturated carbocycles. The first-order valence-corrected chi connectivity index (χ1v) is 11.3. The third-order valence-corrected chi connectivity index (χ3v) is 5.99. The van der Waals surface area contributed by atoms with Gasteiger partial charge in [-0.05, 0) is 60.2 Å². The highest BCUT2D eigenvalue weighted by molar-refractivity contribution is 9.10. The molecule has 7 heteroatoms. The summed E-state index contributed by atoms with van der Waals surface area (Å²) >= 11 is 3.43. The number of carboxylic acid groups (broad SMARTS) is 1. The fourth-order valence-corrected chi connectivity index (χ4v) is 4.09. The summed E-state index contributed by atoms with van der Waals surface area (Å²) in [6, 6.07) is 27.3. The van der Waals surface area contributed by atoms with E-state index in [1.165, 1.54) is 17.0 Å². The van der Waals surface area contributed by atoms with Gasteiger partial charge in [-0.1, -0.05) is 64.5 Å². The number of hydrogen-bond acceptors (Lipinski definition) is 3. The van der Waals surface area contributed by atoms with Crippen molar-refractivity contribution in [2.75, 3.05) is 4.90 Å². The lowest BCUT2D eigenvalue weighted by Gasteiger charge is -2.21. The van der Waals surface area contributed by atoms with Gasteiger partial charge >= 0.3 is 5.97 Å². The van der Waals surface area contributed by atoms with Crippen LogP contribution < -0.4 is 4.90 Å². The number of halogens is 2. The Kier molecular flexibility index (Phi) is 7.05. The Hall–Kier alpha value is -3.87. The molecule has 3 aromatic carbocycles. The van der Waals surface area contributed by atoms with Crippen molar-refractivity contribution in [3.63, 3.8) is 0 Å². The summed E-state index contributed by atoms with van der Waals surface area (Å²) in [4.78, 5) is 26.5. The second-order valence-electron chi connectivity index (χ2n) is 7.70. The first-order valence-electron chi connectivity index (χ1n) is 10.5. The molecule has 0 fully saturated rings. The molecule has 0 unspecified atom stereocenters. The monoisotopic (exact) mass is 547 g/mol. The van der Waals surface area contributed by atoms with E-state index >= 15 is 0 Å². The van der Waals surface area contributed by atoms with Crippen LogP contribution in [0.1, 0.15) is 21.7 Å². The highest BCUT2D eigenvalue weighted by Crippen LogP contribution is 2.36. The molecule has 4 aromatic rings. The molecule has 2 heterocycles. The number of amides is 1. The molecule has 1 aliphatic heterocycles. The number of furan rings is 1. The molecule has 0 radical (unpaired) electrons. The molecule has 0 aliphatic carbocycles. The number of aromatic carboxylic acids is 1. The molecule has 0 spiro atoms. The van der Waals surface area contributed by atoms with Crippen LogP contribution in [0.2, 0.25) is 0 Å².